The average molecular weight is 304 g/mol. The van der Waals surface area contributed by atoms with Crippen LogP contribution in [-0.4, -0.2) is 28.1 Å². The third kappa shape index (κ3) is 3.60. The monoisotopic (exact) mass is 304 g/mol. The Balaban J connectivity index is 1.53. The highest BCUT2D eigenvalue weighted by atomic mass is 32.1. The van der Waals surface area contributed by atoms with E-state index in [0.717, 1.165) is 40.9 Å². The van der Waals surface area contributed by atoms with E-state index in [2.05, 4.69) is 16.4 Å². The van der Waals surface area contributed by atoms with E-state index in [4.69, 9.17) is 0 Å². The van der Waals surface area contributed by atoms with Crippen LogP contribution in [0.1, 0.15) is 37.1 Å². The molecule has 2 unspecified atom stereocenters. The number of hydrogen-bond donors (Lipinski definition) is 2. The summed E-state index contributed by atoms with van der Waals surface area (Å²) in [5, 5.41) is 13.8. The quantitative estimate of drug-likeness (QED) is 0.913. The zero-order valence-electron chi connectivity index (χ0n) is 11.9. The number of carbonyl (C=O) groups is 1. The summed E-state index contributed by atoms with van der Waals surface area (Å²) < 4.78 is 1.16. The third-order valence-electron chi connectivity index (χ3n) is 3.98. The smallest absolute Gasteiger partial charge is 0.220 e. The molecule has 112 valence electrons. The molecule has 1 aromatic carbocycles. The zero-order valence-corrected chi connectivity index (χ0v) is 12.7. The van der Waals surface area contributed by atoms with Gasteiger partial charge in [-0.05, 0) is 25.0 Å². The minimum absolute atomic E-state index is 0.0141. The van der Waals surface area contributed by atoms with Gasteiger partial charge in [0.05, 0.1) is 27.4 Å². The average Bonchev–Trinajstić information content (AvgIpc) is 2.90. The number of amides is 1. The van der Waals surface area contributed by atoms with Crippen molar-refractivity contribution in [1.29, 1.82) is 0 Å². The maximum absolute atomic E-state index is 12.0. The molecule has 0 spiro atoms. The molecule has 1 aromatic heterocycles. The van der Waals surface area contributed by atoms with Crippen LogP contribution in [0.15, 0.2) is 24.3 Å². The number of hydrogen-bond acceptors (Lipinski definition) is 4. The van der Waals surface area contributed by atoms with Gasteiger partial charge in [0.2, 0.25) is 5.91 Å². The predicted octanol–water partition coefficient (Wildman–Crippen LogP) is 2.65. The highest BCUT2D eigenvalue weighted by Gasteiger charge is 2.24. The summed E-state index contributed by atoms with van der Waals surface area (Å²) >= 11 is 1.65. The van der Waals surface area contributed by atoms with E-state index >= 15 is 0 Å². The Morgan fingerprint density at radius 1 is 1.33 bits per heavy atom. The zero-order chi connectivity index (χ0) is 14.7. The molecular weight excluding hydrogens is 284 g/mol. The van der Waals surface area contributed by atoms with E-state index < -0.39 is 0 Å². The molecule has 2 aromatic rings. The second-order valence-electron chi connectivity index (χ2n) is 5.60. The summed E-state index contributed by atoms with van der Waals surface area (Å²) in [4.78, 5) is 16.5. The highest BCUT2D eigenvalue weighted by molar-refractivity contribution is 7.18. The van der Waals surface area contributed by atoms with Crippen LogP contribution in [0.2, 0.25) is 0 Å². The van der Waals surface area contributed by atoms with Crippen LogP contribution in [0, 0.1) is 0 Å². The molecule has 1 aliphatic rings. The Bertz CT molecular complexity index is 593. The number of para-hydroxylation sites is 1. The molecule has 2 atom stereocenters. The van der Waals surface area contributed by atoms with Crippen LogP contribution in [-0.2, 0) is 11.2 Å². The number of benzene rings is 1. The Morgan fingerprint density at radius 3 is 2.95 bits per heavy atom. The van der Waals surface area contributed by atoms with E-state index in [0.29, 0.717) is 12.8 Å². The molecule has 1 heterocycles. The van der Waals surface area contributed by atoms with Gasteiger partial charge in [0, 0.05) is 12.8 Å². The predicted molar refractivity (Wildman–Crippen MR) is 84.3 cm³/mol. The highest BCUT2D eigenvalue weighted by Crippen LogP contribution is 2.22. The second-order valence-corrected chi connectivity index (χ2v) is 6.72. The van der Waals surface area contributed by atoms with Crippen molar-refractivity contribution < 1.29 is 9.90 Å². The largest absolute Gasteiger partial charge is 0.391 e. The van der Waals surface area contributed by atoms with Crippen LogP contribution in [0.3, 0.4) is 0 Å². The van der Waals surface area contributed by atoms with E-state index in [-0.39, 0.29) is 18.1 Å². The molecule has 1 saturated carbocycles. The number of aliphatic hydroxyl groups is 1. The van der Waals surface area contributed by atoms with Gasteiger partial charge >= 0.3 is 0 Å². The summed E-state index contributed by atoms with van der Waals surface area (Å²) in [6.07, 6.45) is 4.53. The number of rotatable bonds is 4. The molecule has 0 bridgehead atoms. The lowest BCUT2D eigenvalue weighted by atomic mass is 9.92. The van der Waals surface area contributed by atoms with Gasteiger partial charge in [0.25, 0.3) is 0 Å². The molecule has 1 amide bonds. The molecule has 4 nitrogen and oxygen atoms in total. The number of nitrogens with zero attached hydrogens (tertiary/aromatic N) is 1. The van der Waals surface area contributed by atoms with Gasteiger partial charge in [-0.25, -0.2) is 4.98 Å². The molecule has 21 heavy (non-hydrogen) atoms. The molecule has 0 radical (unpaired) electrons. The van der Waals surface area contributed by atoms with Gasteiger partial charge in [-0.3, -0.25) is 4.79 Å². The van der Waals surface area contributed by atoms with Crippen molar-refractivity contribution in [3.05, 3.63) is 29.3 Å². The summed E-state index contributed by atoms with van der Waals surface area (Å²) in [6, 6.07) is 7.95. The minimum atomic E-state index is -0.384. The fourth-order valence-electron chi connectivity index (χ4n) is 2.81. The minimum Gasteiger partial charge on any atom is -0.391 e. The number of aryl methyl sites for hydroxylation is 1. The van der Waals surface area contributed by atoms with Crippen molar-refractivity contribution in [1.82, 2.24) is 10.3 Å². The summed E-state index contributed by atoms with van der Waals surface area (Å²) in [7, 11) is 0. The van der Waals surface area contributed by atoms with Crippen molar-refractivity contribution in [2.75, 3.05) is 0 Å². The fraction of sp³-hybridized carbons (Fsp3) is 0.500. The van der Waals surface area contributed by atoms with Crippen LogP contribution < -0.4 is 5.32 Å². The molecule has 0 saturated heterocycles. The van der Waals surface area contributed by atoms with E-state index in [1.165, 1.54) is 0 Å². The molecular formula is C16H20N2O2S. The van der Waals surface area contributed by atoms with Crippen LogP contribution in [0.4, 0.5) is 0 Å². The standard InChI is InChI=1S/C16H20N2O2S/c19-13-7-3-1-5-11(13)17-15(20)9-10-16-18-12-6-2-4-8-14(12)21-16/h2,4,6,8,11,13,19H,1,3,5,7,9-10H2,(H,17,20). The SMILES string of the molecule is O=C(CCc1nc2ccccc2s1)NC1CCCCC1O. The number of fused-ring (bicyclic) bond motifs is 1. The van der Waals surface area contributed by atoms with Crippen LogP contribution >= 0.6 is 11.3 Å². The lowest BCUT2D eigenvalue weighted by Gasteiger charge is -2.28. The molecule has 1 aliphatic carbocycles. The van der Waals surface area contributed by atoms with Gasteiger partial charge in [-0.1, -0.05) is 25.0 Å². The summed E-state index contributed by atoms with van der Waals surface area (Å²) in [5.74, 6) is 0.0141. The van der Waals surface area contributed by atoms with Gasteiger partial charge in [-0.15, -0.1) is 11.3 Å². The van der Waals surface area contributed by atoms with E-state index in [9.17, 15) is 9.90 Å². The first-order valence-corrected chi connectivity index (χ1v) is 8.36. The first kappa shape index (κ1) is 14.5. The fourth-order valence-corrected chi connectivity index (χ4v) is 3.77. The van der Waals surface area contributed by atoms with Crippen molar-refractivity contribution in [3.63, 3.8) is 0 Å². The summed E-state index contributed by atoms with van der Waals surface area (Å²) in [5.41, 5.74) is 1.00. The Kier molecular flexibility index (Phi) is 4.51. The third-order valence-corrected chi connectivity index (χ3v) is 5.08. The van der Waals surface area contributed by atoms with Crippen molar-refractivity contribution in [3.8, 4) is 0 Å². The Labute approximate surface area is 128 Å². The molecule has 2 N–H and O–H groups in total. The number of thiazole rings is 1. The van der Waals surface area contributed by atoms with Crippen molar-refractivity contribution in [2.45, 2.75) is 50.7 Å². The molecule has 3 rings (SSSR count). The van der Waals surface area contributed by atoms with Gasteiger partial charge < -0.3 is 10.4 Å². The molecule has 0 aliphatic heterocycles. The molecule has 5 heteroatoms. The van der Waals surface area contributed by atoms with Gasteiger partial charge in [0.15, 0.2) is 0 Å². The number of aromatic nitrogens is 1. The van der Waals surface area contributed by atoms with Gasteiger partial charge in [-0.2, -0.15) is 0 Å². The van der Waals surface area contributed by atoms with Crippen molar-refractivity contribution in [2.24, 2.45) is 0 Å². The Morgan fingerprint density at radius 2 is 2.14 bits per heavy atom. The van der Waals surface area contributed by atoms with Gasteiger partial charge in [0.1, 0.15) is 0 Å². The van der Waals surface area contributed by atoms with Crippen molar-refractivity contribution >= 4 is 27.5 Å². The Hall–Kier alpha value is -1.46. The lowest BCUT2D eigenvalue weighted by molar-refractivity contribution is -0.123. The summed E-state index contributed by atoms with van der Waals surface area (Å²) in [6.45, 7) is 0. The normalized spacial score (nSPS) is 22.3. The lowest BCUT2D eigenvalue weighted by Crippen LogP contribution is -2.45. The van der Waals surface area contributed by atoms with E-state index in [1.807, 2.05) is 18.2 Å². The maximum atomic E-state index is 12.0. The topological polar surface area (TPSA) is 62.2 Å². The first-order chi connectivity index (χ1) is 10.2. The number of carbonyl (C=O) groups excluding carboxylic acids is 1. The van der Waals surface area contributed by atoms with E-state index in [1.54, 1.807) is 11.3 Å². The maximum Gasteiger partial charge on any atom is 0.220 e. The number of aliphatic hydroxyl groups excluding tert-OH is 1. The van der Waals surface area contributed by atoms with Crippen LogP contribution in [0.5, 0.6) is 0 Å². The second kappa shape index (κ2) is 6.54. The molecule has 1 fully saturated rings. The van der Waals surface area contributed by atoms with Crippen LogP contribution in [0.25, 0.3) is 10.2 Å². The first-order valence-electron chi connectivity index (χ1n) is 7.54. The number of nitrogens with one attached hydrogen (secondary N) is 1.